The summed E-state index contributed by atoms with van der Waals surface area (Å²) in [6.07, 6.45) is 3.86. The van der Waals surface area contributed by atoms with Crippen molar-refractivity contribution in [1.82, 2.24) is 20.2 Å². The van der Waals surface area contributed by atoms with Gasteiger partial charge in [0.05, 0.1) is 11.1 Å². The number of nitriles is 1. The van der Waals surface area contributed by atoms with Gasteiger partial charge >= 0.3 is 0 Å². The van der Waals surface area contributed by atoms with Crippen LogP contribution in [0.25, 0.3) is 10.9 Å². The van der Waals surface area contributed by atoms with Crippen LogP contribution in [0.2, 0.25) is 0 Å². The molecule has 2 fully saturated rings. The van der Waals surface area contributed by atoms with E-state index in [2.05, 4.69) is 69.6 Å². The maximum Gasteiger partial charge on any atom is 0.126 e. The Balaban J connectivity index is 1.20. The first-order valence-electron chi connectivity index (χ1n) is 12.4. The van der Waals surface area contributed by atoms with Gasteiger partial charge in [0.1, 0.15) is 11.9 Å². The molecule has 1 aromatic carbocycles. The zero-order valence-corrected chi connectivity index (χ0v) is 19.8. The Morgan fingerprint density at radius 3 is 2.91 bits per heavy atom. The largest absolute Gasteiger partial charge is 0.368 e. The van der Waals surface area contributed by atoms with Crippen LogP contribution < -0.4 is 15.5 Å². The van der Waals surface area contributed by atoms with Crippen molar-refractivity contribution in [2.75, 3.05) is 29.9 Å². The second-order valence-electron chi connectivity index (χ2n) is 10.1. The predicted octanol–water partition coefficient (Wildman–Crippen LogP) is 3.30. The van der Waals surface area contributed by atoms with Gasteiger partial charge in [-0.05, 0) is 56.2 Å². The SMILES string of the molecule is C[C@@H]1Cc2nc(N[C@@H]3C[C@H]4CN(c5ccc(C#N)c6ncccc56)C[C@@H](C)N4C3)ccc2CN1. The second kappa shape index (κ2) is 8.53. The van der Waals surface area contributed by atoms with E-state index in [1.54, 1.807) is 6.20 Å². The Morgan fingerprint density at radius 1 is 1.12 bits per heavy atom. The number of hydrogen-bond acceptors (Lipinski definition) is 7. The molecule has 7 nitrogen and oxygen atoms in total. The summed E-state index contributed by atoms with van der Waals surface area (Å²) in [5.41, 5.74) is 5.17. The molecular formula is C27H31N7. The lowest BCUT2D eigenvalue weighted by Gasteiger charge is -2.43. The first-order chi connectivity index (χ1) is 16.6. The van der Waals surface area contributed by atoms with E-state index in [1.165, 1.54) is 16.9 Å². The third-order valence-electron chi connectivity index (χ3n) is 7.71. The molecule has 0 amide bonds. The van der Waals surface area contributed by atoms with E-state index in [4.69, 9.17) is 4.98 Å². The molecule has 3 aliphatic rings. The van der Waals surface area contributed by atoms with Gasteiger partial charge in [0.2, 0.25) is 0 Å². The molecule has 0 aliphatic carbocycles. The highest BCUT2D eigenvalue weighted by atomic mass is 15.3. The topological polar surface area (TPSA) is 80.1 Å². The standard InChI is InChI=1S/C27H31N7/c1-17-10-24-20(13-30-17)6-8-26(32-24)31-21-11-22-16-33(14-18(2)34(22)15-21)25-7-5-19(12-28)27-23(25)4-3-9-29-27/h3-9,17-18,21-22,30H,10-11,13-16H2,1-2H3,(H,31,32)/t17-,18-,21-,22+/m1/s1. The Hall–Kier alpha value is -3.21. The normalized spacial score (nSPS) is 26.7. The van der Waals surface area contributed by atoms with E-state index >= 15 is 0 Å². The van der Waals surface area contributed by atoms with Crippen LogP contribution in [0.15, 0.2) is 42.6 Å². The average molecular weight is 454 g/mol. The molecule has 3 aliphatic heterocycles. The Morgan fingerprint density at radius 2 is 2.03 bits per heavy atom. The van der Waals surface area contributed by atoms with Crippen LogP contribution in [0, 0.1) is 11.3 Å². The molecule has 2 aromatic heterocycles. The summed E-state index contributed by atoms with van der Waals surface area (Å²) in [4.78, 5) is 14.6. The van der Waals surface area contributed by atoms with Gasteiger partial charge in [-0.3, -0.25) is 9.88 Å². The summed E-state index contributed by atoms with van der Waals surface area (Å²) < 4.78 is 0. The monoisotopic (exact) mass is 453 g/mol. The van der Waals surface area contributed by atoms with Crippen molar-refractivity contribution in [2.45, 2.75) is 57.4 Å². The van der Waals surface area contributed by atoms with Crippen LogP contribution in [0.3, 0.4) is 0 Å². The number of hydrogen-bond donors (Lipinski definition) is 2. The fourth-order valence-corrected chi connectivity index (χ4v) is 6.04. The highest BCUT2D eigenvalue weighted by Gasteiger charge is 2.40. The molecule has 0 saturated carbocycles. The van der Waals surface area contributed by atoms with E-state index in [0.29, 0.717) is 29.7 Å². The van der Waals surface area contributed by atoms with E-state index in [0.717, 1.165) is 55.7 Å². The highest BCUT2D eigenvalue weighted by molar-refractivity contribution is 5.95. The number of aromatic nitrogens is 2. The van der Waals surface area contributed by atoms with Gasteiger partial charge in [0, 0.05) is 79.7 Å². The first kappa shape index (κ1) is 21.3. The summed E-state index contributed by atoms with van der Waals surface area (Å²) in [7, 11) is 0. The van der Waals surface area contributed by atoms with Gasteiger partial charge in [0.25, 0.3) is 0 Å². The minimum atomic E-state index is 0.400. The zero-order valence-electron chi connectivity index (χ0n) is 19.8. The third-order valence-corrected chi connectivity index (χ3v) is 7.71. The van der Waals surface area contributed by atoms with Crippen molar-refractivity contribution in [3.63, 3.8) is 0 Å². The fourth-order valence-electron chi connectivity index (χ4n) is 6.04. The van der Waals surface area contributed by atoms with Crippen molar-refractivity contribution in [1.29, 1.82) is 5.26 Å². The average Bonchev–Trinajstić information content (AvgIpc) is 3.26. The predicted molar refractivity (Wildman–Crippen MR) is 135 cm³/mol. The maximum atomic E-state index is 9.51. The highest BCUT2D eigenvalue weighted by Crippen LogP contribution is 2.34. The molecule has 3 aromatic rings. The molecule has 2 saturated heterocycles. The van der Waals surface area contributed by atoms with Gasteiger partial charge in [-0.25, -0.2) is 4.98 Å². The van der Waals surface area contributed by atoms with Crippen molar-refractivity contribution in [2.24, 2.45) is 0 Å². The first-order valence-corrected chi connectivity index (χ1v) is 12.4. The molecule has 174 valence electrons. The summed E-state index contributed by atoms with van der Waals surface area (Å²) in [5.74, 6) is 1.01. The maximum absolute atomic E-state index is 9.51. The number of fused-ring (bicyclic) bond motifs is 3. The van der Waals surface area contributed by atoms with Gasteiger partial charge in [-0.15, -0.1) is 0 Å². The number of benzene rings is 1. The smallest absolute Gasteiger partial charge is 0.126 e. The summed E-state index contributed by atoms with van der Waals surface area (Å²) in [5, 5.41) is 17.8. The lowest BCUT2D eigenvalue weighted by molar-refractivity contribution is 0.166. The van der Waals surface area contributed by atoms with Crippen LogP contribution in [0.4, 0.5) is 11.5 Å². The zero-order chi connectivity index (χ0) is 23.2. The third kappa shape index (κ3) is 3.77. The Bertz CT molecular complexity index is 1270. The summed E-state index contributed by atoms with van der Waals surface area (Å²) in [6, 6.07) is 16.5. The van der Waals surface area contributed by atoms with E-state index in [-0.39, 0.29) is 0 Å². The van der Waals surface area contributed by atoms with Gasteiger partial charge in [0.15, 0.2) is 0 Å². The molecule has 7 heteroatoms. The van der Waals surface area contributed by atoms with Crippen molar-refractivity contribution >= 4 is 22.4 Å². The molecule has 0 bridgehead atoms. The van der Waals surface area contributed by atoms with Gasteiger partial charge < -0.3 is 15.5 Å². The number of nitrogens with zero attached hydrogens (tertiary/aromatic N) is 5. The van der Waals surface area contributed by atoms with Crippen LogP contribution >= 0.6 is 0 Å². The molecule has 0 spiro atoms. The fraction of sp³-hybridized carbons (Fsp3) is 0.444. The van der Waals surface area contributed by atoms with Crippen molar-refractivity contribution < 1.29 is 0 Å². The van der Waals surface area contributed by atoms with Crippen molar-refractivity contribution in [3.8, 4) is 6.07 Å². The molecular weight excluding hydrogens is 422 g/mol. The summed E-state index contributed by atoms with van der Waals surface area (Å²) in [6.45, 7) is 8.47. The Labute approximate surface area is 200 Å². The molecule has 0 radical (unpaired) electrons. The van der Waals surface area contributed by atoms with Gasteiger partial charge in [-0.2, -0.15) is 5.26 Å². The van der Waals surface area contributed by atoms with E-state index in [1.807, 2.05) is 12.1 Å². The number of anilines is 2. The van der Waals surface area contributed by atoms with Crippen LogP contribution in [-0.2, 0) is 13.0 Å². The quantitative estimate of drug-likeness (QED) is 0.630. The lowest BCUT2D eigenvalue weighted by atomic mass is 10.0. The van der Waals surface area contributed by atoms with Crippen LogP contribution in [0.5, 0.6) is 0 Å². The number of nitrogens with one attached hydrogen (secondary N) is 2. The molecule has 0 unspecified atom stereocenters. The summed E-state index contributed by atoms with van der Waals surface area (Å²) >= 11 is 0. The minimum Gasteiger partial charge on any atom is -0.368 e. The number of rotatable bonds is 3. The Kier molecular flexibility index (Phi) is 5.35. The van der Waals surface area contributed by atoms with Gasteiger partial charge in [-0.1, -0.05) is 6.07 Å². The second-order valence-corrected chi connectivity index (χ2v) is 10.1. The molecule has 34 heavy (non-hydrogen) atoms. The van der Waals surface area contributed by atoms with Crippen LogP contribution in [-0.4, -0.2) is 58.7 Å². The lowest BCUT2D eigenvalue weighted by Crippen LogP contribution is -2.55. The van der Waals surface area contributed by atoms with Crippen LogP contribution in [0.1, 0.15) is 37.1 Å². The molecule has 6 rings (SSSR count). The van der Waals surface area contributed by atoms with E-state index in [9.17, 15) is 5.26 Å². The number of piperazine rings is 1. The number of pyridine rings is 2. The molecule has 4 atom stereocenters. The van der Waals surface area contributed by atoms with Crippen molar-refractivity contribution in [3.05, 3.63) is 59.4 Å². The molecule has 5 heterocycles. The minimum absolute atomic E-state index is 0.400. The molecule has 2 N–H and O–H groups in total. The van der Waals surface area contributed by atoms with E-state index < -0.39 is 0 Å².